The first-order valence-electron chi connectivity index (χ1n) is 6.82. The number of phenols is 1. The molecule has 0 atom stereocenters. The minimum absolute atomic E-state index is 0.129. The van der Waals surface area contributed by atoms with Gasteiger partial charge in [-0.05, 0) is 42.8 Å². The monoisotopic (exact) mass is 346 g/mol. The molecule has 0 aromatic heterocycles. The van der Waals surface area contributed by atoms with E-state index in [2.05, 4.69) is 5.10 Å². The van der Waals surface area contributed by atoms with Gasteiger partial charge in [-0.3, -0.25) is 4.79 Å². The van der Waals surface area contributed by atoms with Gasteiger partial charge in [-0.15, -0.1) is 0 Å². The summed E-state index contributed by atoms with van der Waals surface area (Å²) in [6, 6.07) is 12.3. The minimum atomic E-state index is -0.228. The fourth-order valence-corrected chi connectivity index (χ4v) is 2.77. The summed E-state index contributed by atoms with van der Waals surface area (Å²) in [7, 11) is 0. The number of amides is 1. The van der Waals surface area contributed by atoms with Gasteiger partial charge in [0, 0.05) is 0 Å². The largest absolute Gasteiger partial charge is 0.505 e. The van der Waals surface area contributed by atoms with Gasteiger partial charge in [0.1, 0.15) is 0 Å². The second kappa shape index (κ2) is 6.07. The minimum Gasteiger partial charge on any atom is -0.505 e. The van der Waals surface area contributed by atoms with Crippen molar-refractivity contribution in [2.75, 3.05) is 5.01 Å². The number of carbonyl (C=O) groups is 1. The molecule has 1 aliphatic rings. The van der Waals surface area contributed by atoms with E-state index in [4.69, 9.17) is 23.2 Å². The highest BCUT2D eigenvalue weighted by Gasteiger charge is 2.28. The normalized spacial score (nSPS) is 16.1. The van der Waals surface area contributed by atoms with Crippen molar-refractivity contribution < 1.29 is 9.90 Å². The molecule has 0 aliphatic carbocycles. The van der Waals surface area contributed by atoms with E-state index < -0.39 is 0 Å². The van der Waals surface area contributed by atoms with E-state index in [9.17, 15) is 9.90 Å². The molecule has 0 radical (unpaired) electrons. The summed E-state index contributed by atoms with van der Waals surface area (Å²) in [4.78, 5) is 12.6. The van der Waals surface area contributed by atoms with Crippen LogP contribution in [0.25, 0.3) is 6.08 Å². The lowest BCUT2D eigenvalue weighted by Crippen LogP contribution is -2.21. The molecular formula is C17H12Cl2N2O2. The molecule has 23 heavy (non-hydrogen) atoms. The fourth-order valence-electron chi connectivity index (χ4n) is 2.26. The Balaban J connectivity index is 1.99. The quantitative estimate of drug-likeness (QED) is 0.813. The Kier molecular flexibility index (Phi) is 4.11. The van der Waals surface area contributed by atoms with Crippen LogP contribution in [0.15, 0.2) is 53.1 Å². The first-order chi connectivity index (χ1) is 11.0. The number of nitrogens with zero attached hydrogens (tertiary/aromatic N) is 2. The molecule has 116 valence electrons. The molecule has 0 unspecified atom stereocenters. The van der Waals surface area contributed by atoms with Crippen LogP contribution in [0.4, 0.5) is 5.69 Å². The molecule has 2 aromatic carbocycles. The van der Waals surface area contributed by atoms with Crippen molar-refractivity contribution in [2.24, 2.45) is 5.10 Å². The Morgan fingerprint density at radius 1 is 1.13 bits per heavy atom. The molecule has 0 spiro atoms. The van der Waals surface area contributed by atoms with E-state index in [0.717, 1.165) is 0 Å². The van der Waals surface area contributed by atoms with E-state index in [1.165, 1.54) is 5.01 Å². The second-order valence-corrected chi connectivity index (χ2v) is 5.84. The number of phenolic OH excluding ortho intramolecular Hbond substituents is 1. The van der Waals surface area contributed by atoms with Crippen LogP contribution in [0.5, 0.6) is 5.75 Å². The van der Waals surface area contributed by atoms with Crippen LogP contribution >= 0.6 is 23.2 Å². The van der Waals surface area contributed by atoms with Crippen molar-refractivity contribution in [3.8, 4) is 5.75 Å². The van der Waals surface area contributed by atoms with Gasteiger partial charge in [-0.2, -0.15) is 10.1 Å². The van der Waals surface area contributed by atoms with Crippen LogP contribution in [-0.2, 0) is 4.79 Å². The van der Waals surface area contributed by atoms with Crippen molar-refractivity contribution in [2.45, 2.75) is 6.92 Å². The second-order valence-electron chi connectivity index (χ2n) is 5.03. The van der Waals surface area contributed by atoms with Crippen LogP contribution in [0.3, 0.4) is 0 Å². The molecule has 1 amide bonds. The van der Waals surface area contributed by atoms with Crippen molar-refractivity contribution in [3.05, 3.63) is 63.6 Å². The summed E-state index contributed by atoms with van der Waals surface area (Å²) in [5, 5.41) is 15.5. The van der Waals surface area contributed by atoms with Crippen molar-refractivity contribution in [1.82, 2.24) is 0 Å². The lowest BCUT2D eigenvalue weighted by molar-refractivity contribution is -0.114. The van der Waals surface area contributed by atoms with Gasteiger partial charge in [-0.25, -0.2) is 0 Å². The maximum atomic E-state index is 12.6. The standard InChI is InChI=1S/C17H12Cl2N2O2/c1-10-13(7-11-8-14(18)16(22)15(19)9-11)17(23)21(20-10)12-5-3-2-4-6-12/h2-9,22H,1H3. The van der Waals surface area contributed by atoms with Crippen LogP contribution in [0.2, 0.25) is 10.0 Å². The first kappa shape index (κ1) is 15.6. The number of benzene rings is 2. The van der Waals surface area contributed by atoms with Crippen molar-refractivity contribution in [1.29, 1.82) is 0 Å². The Morgan fingerprint density at radius 3 is 2.35 bits per heavy atom. The third-order valence-electron chi connectivity index (χ3n) is 3.41. The van der Waals surface area contributed by atoms with Gasteiger partial charge in [0.2, 0.25) is 0 Å². The Labute approximate surface area is 143 Å². The highest BCUT2D eigenvalue weighted by Crippen LogP contribution is 2.34. The zero-order valence-electron chi connectivity index (χ0n) is 12.1. The number of para-hydroxylation sites is 1. The number of halogens is 2. The SMILES string of the molecule is CC1=NN(c2ccccc2)C(=O)C1=Cc1cc(Cl)c(O)c(Cl)c1. The van der Waals surface area contributed by atoms with Gasteiger partial charge >= 0.3 is 0 Å². The summed E-state index contributed by atoms with van der Waals surface area (Å²) >= 11 is 11.8. The number of hydrogen-bond acceptors (Lipinski definition) is 3. The average Bonchev–Trinajstić information content (AvgIpc) is 2.81. The molecule has 6 heteroatoms. The van der Waals surface area contributed by atoms with E-state index >= 15 is 0 Å². The smallest absolute Gasteiger partial charge is 0.280 e. The number of carbonyl (C=O) groups excluding carboxylic acids is 1. The lowest BCUT2D eigenvalue weighted by Gasteiger charge is -2.11. The predicted octanol–water partition coefficient (Wildman–Crippen LogP) is 4.51. The van der Waals surface area contributed by atoms with Crippen LogP contribution in [0.1, 0.15) is 12.5 Å². The summed E-state index contributed by atoms with van der Waals surface area (Å²) < 4.78 is 0. The highest BCUT2D eigenvalue weighted by atomic mass is 35.5. The Bertz CT molecular complexity index is 822. The molecule has 0 saturated carbocycles. The van der Waals surface area contributed by atoms with Gasteiger partial charge < -0.3 is 5.11 Å². The van der Waals surface area contributed by atoms with Crippen LogP contribution < -0.4 is 5.01 Å². The Morgan fingerprint density at radius 2 is 1.74 bits per heavy atom. The summed E-state index contributed by atoms with van der Waals surface area (Å²) in [6.07, 6.45) is 1.65. The summed E-state index contributed by atoms with van der Waals surface area (Å²) in [5.41, 5.74) is 2.36. The highest BCUT2D eigenvalue weighted by molar-refractivity contribution is 6.37. The molecule has 1 N–H and O–H groups in total. The van der Waals surface area contributed by atoms with E-state index in [-0.39, 0.29) is 21.7 Å². The van der Waals surface area contributed by atoms with Gasteiger partial charge in [-0.1, -0.05) is 41.4 Å². The van der Waals surface area contributed by atoms with Crippen molar-refractivity contribution >= 4 is 46.6 Å². The van der Waals surface area contributed by atoms with E-state index in [1.807, 2.05) is 30.3 Å². The predicted molar refractivity (Wildman–Crippen MR) is 93.1 cm³/mol. The number of hydrogen-bond donors (Lipinski definition) is 1. The third kappa shape index (κ3) is 2.96. The number of aromatic hydroxyl groups is 1. The van der Waals surface area contributed by atoms with Gasteiger partial charge in [0.05, 0.1) is 27.0 Å². The number of hydrazone groups is 1. The molecule has 4 nitrogen and oxygen atoms in total. The number of rotatable bonds is 2. The number of anilines is 1. The lowest BCUT2D eigenvalue weighted by atomic mass is 10.1. The molecule has 3 rings (SSSR count). The Hall–Kier alpha value is -2.30. The van der Waals surface area contributed by atoms with Gasteiger partial charge in [0.25, 0.3) is 5.91 Å². The third-order valence-corrected chi connectivity index (χ3v) is 3.99. The zero-order chi connectivity index (χ0) is 16.6. The van der Waals surface area contributed by atoms with Gasteiger partial charge in [0.15, 0.2) is 5.75 Å². The maximum absolute atomic E-state index is 12.6. The molecule has 1 aliphatic heterocycles. The molecular weight excluding hydrogens is 335 g/mol. The maximum Gasteiger partial charge on any atom is 0.280 e. The van der Waals surface area contributed by atoms with Crippen LogP contribution in [-0.4, -0.2) is 16.7 Å². The fraction of sp³-hybridized carbons (Fsp3) is 0.0588. The average molecular weight is 347 g/mol. The zero-order valence-corrected chi connectivity index (χ0v) is 13.6. The van der Waals surface area contributed by atoms with E-state index in [1.54, 1.807) is 25.1 Å². The van der Waals surface area contributed by atoms with E-state index in [0.29, 0.717) is 22.5 Å². The molecule has 2 aromatic rings. The molecule has 0 saturated heterocycles. The molecule has 1 heterocycles. The molecule has 0 bridgehead atoms. The summed E-state index contributed by atoms with van der Waals surface area (Å²) in [6.45, 7) is 1.76. The topological polar surface area (TPSA) is 52.9 Å². The van der Waals surface area contributed by atoms with Crippen molar-refractivity contribution in [3.63, 3.8) is 0 Å². The first-order valence-corrected chi connectivity index (χ1v) is 7.58. The van der Waals surface area contributed by atoms with Crippen LogP contribution in [0, 0.1) is 0 Å². The summed E-state index contributed by atoms with van der Waals surface area (Å²) in [5.74, 6) is -0.404. The molecule has 0 fully saturated rings.